The molecule has 2 amide bonds. The van der Waals surface area contributed by atoms with Crippen LogP contribution >= 0.6 is 11.3 Å². The molecule has 15 heteroatoms. The lowest BCUT2D eigenvalue weighted by Crippen LogP contribution is -2.60. The van der Waals surface area contributed by atoms with Gasteiger partial charge in [-0.15, -0.1) is 11.3 Å². The molecule has 3 saturated heterocycles. The molecule has 5 atom stereocenters. The number of hydrogen-bond donors (Lipinski definition) is 2. The highest BCUT2D eigenvalue weighted by atomic mass is 32.1. The predicted octanol–water partition coefficient (Wildman–Crippen LogP) is 5.38. The number of fused-ring (bicyclic) bond motifs is 6. The molecule has 61 heavy (non-hydrogen) atoms. The third kappa shape index (κ3) is 8.43. The van der Waals surface area contributed by atoms with Crippen LogP contribution in [0.3, 0.4) is 0 Å². The molecule has 0 unspecified atom stereocenters. The third-order valence-electron chi connectivity index (χ3n) is 13.5. The number of hydrogen-bond acceptors (Lipinski definition) is 12. The number of methoxy groups -OCH3 is 1. The van der Waals surface area contributed by atoms with Gasteiger partial charge >= 0.3 is 5.97 Å². The highest BCUT2D eigenvalue weighted by molar-refractivity contribution is 7.10. The Balaban J connectivity index is 1.14. The van der Waals surface area contributed by atoms with E-state index in [9.17, 15) is 14.4 Å². The third-order valence-corrected chi connectivity index (χ3v) is 14.4. The molecule has 1 aromatic carbocycles. The fourth-order valence-corrected chi connectivity index (χ4v) is 10.4. The van der Waals surface area contributed by atoms with Crippen LogP contribution in [-0.4, -0.2) is 120 Å². The van der Waals surface area contributed by atoms with Gasteiger partial charge in [0.25, 0.3) is 5.91 Å². The monoisotopic (exact) mass is 852 g/mol. The Morgan fingerprint density at radius 2 is 1.92 bits per heavy atom. The maximum Gasteiger partial charge on any atom is 0.324 e. The minimum atomic E-state index is -0.830. The Bertz CT molecular complexity index is 2300. The SMILES string of the molecule is CCn1c(-c2cc(N3CCN(C4COC4)CC3)cnc2[C@H](C)OC)c2c3cc(ccc31)-c1csc(n1)C[C@H](NC(=O)[C@H]1C[C@@H]1C)C(=O)N1CCC[C@H](N1)C(=O)OCC(C)(C)C2. The number of ether oxygens (including phenoxy) is 3. The Hall–Kier alpha value is -4.41. The number of aromatic nitrogens is 3. The number of anilines is 1. The first kappa shape index (κ1) is 41.9. The number of rotatable bonds is 8. The summed E-state index contributed by atoms with van der Waals surface area (Å²) in [5.74, 6) is -0.572. The second kappa shape index (κ2) is 17.0. The fraction of sp³-hybridized carbons (Fsp3) is 0.587. The first-order chi connectivity index (χ1) is 29.4. The number of thiazole rings is 1. The van der Waals surface area contributed by atoms with Crippen LogP contribution in [0, 0.1) is 17.3 Å². The smallest absolute Gasteiger partial charge is 0.324 e. The van der Waals surface area contributed by atoms with Crippen molar-refractivity contribution in [2.75, 3.05) is 64.6 Å². The maximum absolute atomic E-state index is 14.2. The molecule has 5 aliphatic rings. The largest absolute Gasteiger partial charge is 0.464 e. The molecule has 9 rings (SSSR count). The lowest BCUT2D eigenvalue weighted by atomic mass is 9.84. The summed E-state index contributed by atoms with van der Waals surface area (Å²) < 4.78 is 20.0. The van der Waals surface area contributed by atoms with Crippen molar-refractivity contribution in [1.82, 2.24) is 35.2 Å². The number of cyclic esters (lactones) is 1. The van der Waals surface area contributed by atoms with Crippen LogP contribution in [0.15, 0.2) is 35.8 Å². The number of nitrogens with zero attached hydrogens (tertiary/aromatic N) is 6. The lowest BCUT2D eigenvalue weighted by molar-refractivity contribution is -0.155. The van der Waals surface area contributed by atoms with E-state index in [1.165, 1.54) is 16.3 Å². The molecule has 0 spiro atoms. The molecule has 4 fully saturated rings. The van der Waals surface area contributed by atoms with E-state index in [1.54, 1.807) is 7.11 Å². The van der Waals surface area contributed by atoms with Crippen molar-refractivity contribution in [2.45, 2.75) is 97.5 Å². The second-order valence-electron chi connectivity index (χ2n) is 18.5. The molecule has 2 N–H and O–H groups in total. The normalized spacial score (nSPS) is 25.5. The molecular formula is C46H60N8O6S. The lowest BCUT2D eigenvalue weighted by Gasteiger charge is -2.43. The van der Waals surface area contributed by atoms with E-state index in [2.05, 4.69) is 84.0 Å². The molecule has 14 nitrogen and oxygen atoms in total. The van der Waals surface area contributed by atoms with Gasteiger partial charge in [-0.05, 0) is 69.2 Å². The number of carbonyl (C=O) groups excluding carboxylic acids is 3. The van der Waals surface area contributed by atoms with Crippen LogP contribution in [0.4, 0.5) is 5.69 Å². The molecule has 1 aliphatic carbocycles. The minimum absolute atomic E-state index is 0.0929. The van der Waals surface area contributed by atoms with Gasteiger partial charge < -0.3 is 29.0 Å². The average Bonchev–Trinajstić information content (AvgIpc) is 3.67. The topological polar surface area (TPSA) is 143 Å². The quantitative estimate of drug-likeness (QED) is 0.221. The summed E-state index contributed by atoms with van der Waals surface area (Å²) in [4.78, 5) is 56.5. The average molecular weight is 853 g/mol. The van der Waals surface area contributed by atoms with Gasteiger partial charge in [-0.3, -0.25) is 29.3 Å². The highest BCUT2D eigenvalue weighted by Gasteiger charge is 2.42. The first-order valence-electron chi connectivity index (χ1n) is 22.2. The second-order valence-corrected chi connectivity index (χ2v) is 19.4. The van der Waals surface area contributed by atoms with Crippen LogP contribution < -0.4 is 15.6 Å². The van der Waals surface area contributed by atoms with Crippen molar-refractivity contribution < 1.29 is 28.6 Å². The Morgan fingerprint density at radius 3 is 2.62 bits per heavy atom. The number of nitrogens with one attached hydrogen (secondary N) is 2. The van der Waals surface area contributed by atoms with Crippen molar-refractivity contribution >= 4 is 45.7 Å². The number of benzene rings is 1. The van der Waals surface area contributed by atoms with E-state index in [0.29, 0.717) is 37.8 Å². The molecule has 4 aromatic rings. The summed E-state index contributed by atoms with van der Waals surface area (Å²) in [6, 6.07) is 7.87. The summed E-state index contributed by atoms with van der Waals surface area (Å²) in [7, 11) is 1.73. The van der Waals surface area contributed by atoms with Gasteiger partial charge in [-0.25, -0.2) is 10.4 Å². The standard InChI is InChI=1S/C46H60N8O6S/c1-7-53-39-11-10-29-18-33(39)35(42(53)34-19-30(22-47-41(34)28(3)58-6)51-13-15-52(16-14-51)31-23-59-24-31)21-46(4,5)26-60-45(57)36-9-8-12-54(50-36)44(56)37(20-40-48-38(29)25-61-40)49-43(55)32-17-27(32)2/h10-11,18-19,22,25,27-28,31-32,36-37,50H,7-9,12-17,20-21,23-24,26H2,1-6H3,(H,49,55)/t27-,28-,32-,36-,37-/m0/s1. The van der Waals surface area contributed by atoms with Gasteiger partial charge in [0.1, 0.15) is 12.1 Å². The summed E-state index contributed by atoms with van der Waals surface area (Å²) >= 11 is 1.49. The summed E-state index contributed by atoms with van der Waals surface area (Å²) in [5.41, 5.74) is 10.8. The maximum atomic E-state index is 14.2. The van der Waals surface area contributed by atoms with E-state index in [1.807, 2.05) is 11.6 Å². The number of aryl methyl sites for hydroxylation is 1. The summed E-state index contributed by atoms with van der Waals surface area (Å²) in [6.45, 7) is 17.3. The Morgan fingerprint density at radius 1 is 1.13 bits per heavy atom. The Kier molecular flexibility index (Phi) is 11.7. The number of amides is 2. The van der Waals surface area contributed by atoms with Gasteiger partial charge in [-0.2, -0.15) is 0 Å². The number of pyridine rings is 1. The molecule has 3 aromatic heterocycles. The van der Waals surface area contributed by atoms with Crippen LogP contribution in [0.2, 0.25) is 0 Å². The van der Waals surface area contributed by atoms with Crippen molar-refractivity contribution in [2.24, 2.45) is 17.3 Å². The zero-order valence-corrected chi connectivity index (χ0v) is 37.2. The number of piperazine rings is 1. The molecule has 4 aliphatic heterocycles. The van der Waals surface area contributed by atoms with Crippen LogP contribution in [0.1, 0.15) is 76.3 Å². The van der Waals surface area contributed by atoms with Crippen molar-refractivity contribution in [3.05, 3.63) is 52.1 Å². The molecule has 1 saturated carbocycles. The number of esters is 1. The summed E-state index contributed by atoms with van der Waals surface area (Å²) in [6.07, 6.45) is 4.59. The van der Waals surface area contributed by atoms with E-state index in [-0.39, 0.29) is 42.8 Å². The van der Waals surface area contributed by atoms with Crippen LogP contribution in [-0.2, 0) is 48.0 Å². The van der Waals surface area contributed by atoms with Gasteiger partial charge in [0.15, 0.2) is 0 Å². The minimum Gasteiger partial charge on any atom is -0.464 e. The fourth-order valence-electron chi connectivity index (χ4n) is 9.52. The molecule has 326 valence electrons. The van der Waals surface area contributed by atoms with Gasteiger partial charge in [-0.1, -0.05) is 26.8 Å². The molecular weight excluding hydrogens is 793 g/mol. The van der Waals surface area contributed by atoms with Crippen molar-refractivity contribution in [3.63, 3.8) is 0 Å². The van der Waals surface area contributed by atoms with Gasteiger partial charge in [0.2, 0.25) is 5.91 Å². The summed E-state index contributed by atoms with van der Waals surface area (Å²) in [5, 5.41) is 8.47. The number of hydrazine groups is 1. The highest BCUT2D eigenvalue weighted by Crippen LogP contribution is 2.43. The number of carbonyl (C=O) groups is 3. The Labute approximate surface area is 362 Å². The van der Waals surface area contributed by atoms with Gasteiger partial charge in [0.05, 0.1) is 65.9 Å². The van der Waals surface area contributed by atoms with Crippen LogP contribution in [0.5, 0.6) is 0 Å². The first-order valence-corrected chi connectivity index (χ1v) is 23.0. The van der Waals surface area contributed by atoms with Crippen molar-refractivity contribution in [3.8, 4) is 22.5 Å². The molecule has 7 heterocycles. The zero-order valence-electron chi connectivity index (χ0n) is 36.4. The predicted molar refractivity (Wildman–Crippen MR) is 235 cm³/mol. The van der Waals surface area contributed by atoms with E-state index in [0.717, 1.165) is 108 Å². The van der Waals surface area contributed by atoms with Gasteiger partial charge in [0, 0.05) is 91.5 Å². The van der Waals surface area contributed by atoms with E-state index < -0.39 is 17.5 Å². The van der Waals surface area contributed by atoms with Crippen molar-refractivity contribution in [1.29, 1.82) is 0 Å². The van der Waals surface area contributed by atoms with Crippen LogP contribution in [0.25, 0.3) is 33.4 Å². The zero-order chi connectivity index (χ0) is 42.6. The molecule has 0 radical (unpaired) electrons. The van der Waals surface area contributed by atoms with E-state index >= 15 is 0 Å². The van der Waals surface area contributed by atoms with E-state index in [4.69, 9.17) is 24.2 Å². The molecule has 6 bridgehead atoms.